The molecule has 2 N–H and O–H groups in total. The highest BCUT2D eigenvalue weighted by atomic mass is 16.2. The second kappa shape index (κ2) is 6.95. The van der Waals surface area contributed by atoms with E-state index >= 15 is 0 Å². The van der Waals surface area contributed by atoms with Gasteiger partial charge in [-0.1, -0.05) is 19.1 Å². The van der Waals surface area contributed by atoms with Crippen LogP contribution in [-0.4, -0.2) is 21.5 Å². The van der Waals surface area contributed by atoms with Gasteiger partial charge in [0.2, 0.25) is 0 Å². The zero-order chi connectivity index (χ0) is 13.5. The lowest BCUT2D eigenvalue weighted by Crippen LogP contribution is -1.99. The van der Waals surface area contributed by atoms with Crippen LogP contribution in [0, 0.1) is 0 Å². The van der Waals surface area contributed by atoms with Crippen LogP contribution < -0.4 is 5.32 Å². The summed E-state index contributed by atoms with van der Waals surface area (Å²) in [5.74, 6) is 0. The van der Waals surface area contributed by atoms with Gasteiger partial charge in [-0.15, -0.1) is 0 Å². The van der Waals surface area contributed by atoms with Crippen molar-refractivity contribution in [3.8, 4) is 0 Å². The van der Waals surface area contributed by atoms with Gasteiger partial charge in [0.25, 0.3) is 0 Å². The summed E-state index contributed by atoms with van der Waals surface area (Å²) >= 11 is 0. The fourth-order valence-electron chi connectivity index (χ4n) is 1.97. The molecule has 19 heavy (non-hydrogen) atoms. The summed E-state index contributed by atoms with van der Waals surface area (Å²) in [5, 5.41) is 16.5. The molecule has 0 amide bonds. The van der Waals surface area contributed by atoms with E-state index < -0.39 is 0 Å². The fraction of sp³-hybridized carbons (Fsp3) is 0.400. The van der Waals surface area contributed by atoms with Gasteiger partial charge in [-0.3, -0.25) is 4.68 Å². The highest BCUT2D eigenvalue weighted by Crippen LogP contribution is 2.11. The molecule has 4 nitrogen and oxygen atoms in total. The number of hydrogen-bond acceptors (Lipinski definition) is 3. The van der Waals surface area contributed by atoms with Crippen molar-refractivity contribution < 1.29 is 5.11 Å². The third kappa shape index (κ3) is 4.10. The fourth-order valence-corrected chi connectivity index (χ4v) is 1.97. The molecule has 0 spiro atoms. The molecule has 1 aromatic heterocycles. The average Bonchev–Trinajstić information content (AvgIpc) is 2.87. The van der Waals surface area contributed by atoms with E-state index in [2.05, 4.69) is 23.5 Å². The maximum Gasteiger partial charge on any atom is 0.0539 e. The second-order valence-corrected chi connectivity index (χ2v) is 4.64. The van der Waals surface area contributed by atoms with Crippen molar-refractivity contribution in [3.05, 3.63) is 47.8 Å². The number of aryl methyl sites for hydroxylation is 1. The Labute approximate surface area is 114 Å². The van der Waals surface area contributed by atoms with Crippen LogP contribution in [0.15, 0.2) is 36.7 Å². The van der Waals surface area contributed by atoms with Crippen LogP contribution >= 0.6 is 0 Å². The van der Waals surface area contributed by atoms with Gasteiger partial charge in [-0.25, -0.2) is 0 Å². The number of nitrogens with one attached hydrogen (secondary N) is 1. The molecule has 2 rings (SSSR count). The Bertz CT molecular complexity index is 490. The Morgan fingerprint density at radius 2 is 2.00 bits per heavy atom. The molecule has 0 bridgehead atoms. The van der Waals surface area contributed by atoms with E-state index in [-0.39, 0.29) is 6.61 Å². The molecule has 0 aliphatic heterocycles. The first-order chi connectivity index (χ1) is 9.31. The number of aromatic nitrogens is 2. The number of hydrogen-bond donors (Lipinski definition) is 2. The highest BCUT2D eigenvalue weighted by Gasteiger charge is 1.99. The maximum absolute atomic E-state index is 8.86. The van der Waals surface area contributed by atoms with Gasteiger partial charge in [0.1, 0.15) is 0 Å². The van der Waals surface area contributed by atoms with Crippen molar-refractivity contribution in [2.75, 3.05) is 11.9 Å². The summed E-state index contributed by atoms with van der Waals surface area (Å²) in [4.78, 5) is 0. The van der Waals surface area contributed by atoms with Crippen LogP contribution in [0.1, 0.15) is 24.5 Å². The molecule has 1 heterocycles. The Morgan fingerprint density at radius 1 is 1.21 bits per heavy atom. The zero-order valence-electron chi connectivity index (χ0n) is 11.3. The van der Waals surface area contributed by atoms with E-state index in [1.807, 2.05) is 35.1 Å². The van der Waals surface area contributed by atoms with Crippen molar-refractivity contribution in [2.24, 2.45) is 0 Å². The summed E-state index contributed by atoms with van der Waals surface area (Å²) in [5.41, 5.74) is 3.43. The van der Waals surface area contributed by atoms with Crippen LogP contribution in [0.25, 0.3) is 0 Å². The zero-order valence-corrected chi connectivity index (χ0v) is 11.3. The topological polar surface area (TPSA) is 50.1 Å². The number of aliphatic hydroxyl groups excluding tert-OH is 1. The Kier molecular flexibility index (Phi) is 4.98. The van der Waals surface area contributed by atoms with Crippen LogP contribution in [0.2, 0.25) is 0 Å². The monoisotopic (exact) mass is 259 g/mol. The van der Waals surface area contributed by atoms with Crippen LogP contribution in [0.5, 0.6) is 0 Å². The molecule has 0 aliphatic carbocycles. The molecule has 102 valence electrons. The summed E-state index contributed by atoms with van der Waals surface area (Å²) in [6.07, 6.45) is 5.80. The van der Waals surface area contributed by atoms with Gasteiger partial charge in [0, 0.05) is 37.1 Å². The molecule has 0 saturated carbocycles. The van der Waals surface area contributed by atoms with Crippen molar-refractivity contribution in [1.82, 2.24) is 9.78 Å². The van der Waals surface area contributed by atoms with Gasteiger partial charge in [0.05, 0.1) is 6.20 Å². The number of benzene rings is 1. The van der Waals surface area contributed by atoms with E-state index in [4.69, 9.17) is 5.11 Å². The standard InChI is InChI=1S/C15H21N3O/c1-2-8-18-12-14(11-17-18)10-16-15-5-3-13(4-6-15)7-9-19/h3-6,11-12,16,19H,2,7-10H2,1H3. The summed E-state index contributed by atoms with van der Waals surface area (Å²) in [7, 11) is 0. The molecule has 0 radical (unpaired) electrons. The molecule has 0 saturated heterocycles. The van der Waals surface area contributed by atoms with Gasteiger partial charge in [-0.2, -0.15) is 5.10 Å². The number of anilines is 1. The molecular weight excluding hydrogens is 238 g/mol. The first-order valence-corrected chi connectivity index (χ1v) is 6.77. The summed E-state index contributed by atoms with van der Waals surface area (Å²) in [6.45, 7) is 4.09. The lowest BCUT2D eigenvalue weighted by atomic mass is 10.1. The number of aliphatic hydroxyl groups is 1. The Hall–Kier alpha value is -1.81. The lowest BCUT2D eigenvalue weighted by Gasteiger charge is -2.05. The predicted octanol–water partition coefficient (Wildman–Crippen LogP) is 2.44. The van der Waals surface area contributed by atoms with E-state index in [9.17, 15) is 0 Å². The number of rotatable bonds is 7. The third-order valence-electron chi connectivity index (χ3n) is 2.99. The lowest BCUT2D eigenvalue weighted by molar-refractivity contribution is 0.299. The molecule has 1 aromatic carbocycles. The van der Waals surface area contributed by atoms with Crippen LogP contribution in [0.3, 0.4) is 0 Å². The van der Waals surface area contributed by atoms with E-state index in [0.717, 1.165) is 30.8 Å². The first kappa shape index (κ1) is 13.6. The maximum atomic E-state index is 8.86. The normalized spacial score (nSPS) is 10.6. The van der Waals surface area contributed by atoms with Crippen molar-refractivity contribution in [3.63, 3.8) is 0 Å². The van der Waals surface area contributed by atoms with E-state index in [1.54, 1.807) is 0 Å². The first-order valence-electron chi connectivity index (χ1n) is 6.77. The molecule has 0 aliphatic rings. The van der Waals surface area contributed by atoms with E-state index in [1.165, 1.54) is 5.56 Å². The van der Waals surface area contributed by atoms with Crippen LogP contribution in [0.4, 0.5) is 5.69 Å². The van der Waals surface area contributed by atoms with Gasteiger partial charge in [0.15, 0.2) is 0 Å². The molecule has 4 heteroatoms. The Morgan fingerprint density at radius 3 is 2.68 bits per heavy atom. The number of nitrogens with zero attached hydrogens (tertiary/aromatic N) is 2. The molecular formula is C15H21N3O. The SMILES string of the molecule is CCCn1cc(CNc2ccc(CCO)cc2)cn1. The molecule has 0 unspecified atom stereocenters. The van der Waals surface area contributed by atoms with Crippen molar-refractivity contribution >= 4 is 5.69 Å². The smallest absolute Gasteiger partial charge is 0.0539 e. The van der Waals surface area contributed by atoms with E-state index in [0.29, 0.717) is 6.42 Å². The molecule has 0 atom stereocenters. The predicted molar refractivity (Wildman–Crippen MR) is 77.1 cm³/mol. The van der Waals surface area contributed by atoms with Crippen molar-refractivity contribution in [2.45, 2.75) is 32.9 Å². The summed E-state index contributed by atoms with van der Waals surface area (Å²) in [6, 6.07) is 8.17. The van der Waals surface area contributed by atoms with Crippen molar-refractivity contribution in [1.29, 1.82) is 0 Å². The molecule has 0 fully saturated rings. The summed E-state index contributed by atoms with van der Waals surface area (Å²) < 4.78 is 1.97. The van der Waals surface area contributed by atoms with Gasteiger partial charge in [-0.05, 0) is 30.5 Å². The minimum atomic E-state index is 0.198. The second-order valence-electron chi connectivity index (χ2n) is 4.64. The third-order valence-corrected chi connectivity index (χ3v) is 2.99. The van der Waals surface area contributed by atoms with Gasteiger partial charge < -0.3 is 10.4 Å². The molecule has 2 aromatic rings. The quantitative estimate of drug-likeness (QED) is 0.803. The van der Waals surface area contributed by atoms with Crippen LogP contribution in [-0.2, 0) is 19.5 Å². The minimum absolute atomic E-state index is 0.198. The minimum Gasteiger partial charge on any atom is -0.396 e. The Balaban J connectivity index is 1.86. The highest BCUT2D eigenvalue weighted by molar-refractivity contribution is 5.45. The average molecular weight is 259 g/mol. The largest absolute Gasteiger partial charge is 0.396 e. The van der Waals surface area contributed by atoms with Gasteiger partial charge >= 0.3 is 0 Å².